The van der Waals surface area contributed by atoms with E-state index >= 15 is 0 Å². The molecule has 0 rings (SSSR count). The largest absolute Gasteiger partial charge is 0.396 e. The van der Waals surface area contributed by atoms with Crippen LogP contribution < -0.4 is 5.32 Å². The normalized spacial score (nSPS) is 14.2. The van der Waals surface area contributed by atoms with E-state index in [2.05, 4.69) is 5.32 Å². The zero-order chi connectivity index (χ0) is 11.7. The monoisotopic (exact) mass is 217 g/mol. The zero-order valence-corrected chi connectivity index (χ0v) is 10.7. The molecule has 0 aromatic heterocycles. The summed E-state index contributed by atoms with van der Waals surface area (Å²) in [4.78, 5) is 0. The lowest BCUT2D eigenvalue weighted by molar-refractivity contribution is -0.0327. The molecule has 0 bridgehead atoms. The fourth-order valence-corrected chi connectivity index (χ4v) is 1.33. The lowest BCUT2D eigenvalue weighted by Gasteiger charge is -2.23. The van der Waals surface area contributed by atoms with Crippen LogP contribution in [0.25, 0.3) is 0 Å². The SMILES string of the molecule is CNCCCCC(CO)COC(C)(C)C. The lowest BCUT2D eigenvalue weighted by atomic mass is 10.0. The van der Waals surface area contributed by atoms with Gasteiger partial charge in [0.05, 0.1) is 12.2 Å². The third-order valence-corrected chi connectivity index (χ3v) is 2.30. The van der Waals surface area contributed by atoms with Crippen LogP contribution in [0.15, 0.2) is 0 Å². The van der Waals surface area contributed by atoms with Crippen molar-refractivity contribution < 1.29 is 9.84 Å². The summed E-state index contributed by atoms with van der Waals surface area (Å²) < 4.78 is 5.66. The van der Waals surface area contributed by atoms with Crippen LogP contribution in [-0.2, 0) is 4.74 Å². The summed E-state index contributed by atoms with van der Waals surface area (Å²) in [5, 5.41) is 12.3. The first-order chi connectivity index (χ1) is 6.99. The van der Waals surface area contributed by atoms with Crippen molar-refractivity contribution in [3.05, 3.63) is 0 Å². The Hall–Kier alpha value is -0.120. The Morgan fingerprint density at radius 1 is 1.27 bits per heavy atom. The third kappa shape index (κ3) is 10.2. The van der Waals surface area contributed by atoms with Crippen molar-refractivity contribution in [2.75, 3.05) is 26.8 Å². The molecular weight excluding hydrogens is 190 g/mol. The number of unbranched alkanes of at least 4 members (excludes halogenated alkanes) is 1. The van der Waals surface area contributed by atoms with Crippen molar-refractivity contribution in [2.45, 2.75) is 45.6 Å². The molecule has 0 aromatic rings. The molecule has 0 saturated carbocycles. The molecule has 92 valence electrons. The van der Waals surface area contributed by atoms with Gasteiger partial charge in [0.1, 0.15) is 0 Å². The molecular formula is C12H27NO2. The molecule has 2 N–H and O–H groups in total. The van der Waals surface area contributed by atoms with E-state index in [9.17, 15) is 5.11 Å². The standard InChI is InChI=1S/C12H27NO2/c1-12(2,3)15-10-11(9-14)7-5-6-8-13-4/h11,13-14H,5-10H2,1-4H3. The summed E-state index contributed by atoms with van der Waals surface area (Å²) in [6.07, 6.45) is 3.37. The lowest BCUT2D eigenvalue weighted by Crippen LogP contribution is -2.25. The zero-order valence-electron chi connectivity index (χ0n) is 10.7. The minimum Gasteiger partial charge on any atom is -0.396 e. The van der Waals surface area contributed by atoms with E-state index in [1.807, 2.05) is 27.8 Å². The van der Waals surface area contributed by atoms with E-state index < -0.39 is 0 Å². The Morgan fingerprint density at radius 3 is 2.40 bits per heavy atom. The Kier molecular flexibility index (Phi) is 8.02. The van der Waals surface area contributed by atoms with Gasteiger partial charge in [0.2, 0.25) is 0 Å². The van der Waals surface area contributed by atoms with Gasteiger partial charge < -0.3 is 15.2 Å². The number of nitrogens with one attached hydrogen (secondary N) is 1. The molecule has 0 amide bonds. The van der Waals surface area contributed by atoms with E-state index in [1.54, 1.807) is 0 Å². The Bertz CT molecular complexity index is 143. The smallest absolute Gasteiger partial charge is 0.0598 e. The first-order valence-corrected chi connectivity index (χ1v) is 5.89. The molecule has 0 aliphatic rings. The van der Waals surface area contributed by atoms with Crippen molar-refractivity contribution in [1.82, 2.24) is 5.32 Å². The van der Waals surface area contributed by atoms with Gasteiger partial charge in [-0.25, -0.2) is 0 Å². The second-order valence-corrected chi connectivity index (χ2v) is 5.07. The van der Waals surface area contributed by atoms with Crippen LogP contribution >= 0.6 is 0 Å². The number of aliphatic hydroxyl groups is 1. The highest BCUT2D eigenvalue weighted by Gasteiger charge is 2.14. The predicted octanol–water partition coefficient (Wildman–Crippen LogP) is 1.80. The van der Waals surface area contributed by atoms with Crippen LogP contribution in [0.4, 0.5) is 0 Å². The molecule has 0 radical (unpaired) electrons. The third-order valence-electron chi connectivity index (χ3n) is 2.30. The van der Waals surface area contributed by atoms with E-state index in [1.165, 1.54) is 6.42 Å². The quantitative estimate of drug-likeness (QED) is 0.609. The van der Waals surface area contributed by atoms with E-state index in [4.69, 9.17) is 4.74 Å². The summed E-state index contributed by atoms with van der Waals surface area (Å²) in [7, 11) is 1.96. The molecule has 0 spiro atoms. The molecule has 0 fully saturated rings. The molecule has 0 saturated heterocycles. The van der Waals surface area contributed by atoms with Crippen LogP contribution in [0.2, 0.25) is 0 Å². The van der Waals surface area contributed by atoms with Gasteiger partial charge in [0, 0.05) is 12.5 Å². The van der Waals surface area contributed by atoms with Crippen LogP contribution in [0.3, 0.4) is 0 Å². The molecule has 0 aliphatic heterocycles. The summed E-state index contributed by atoms with van der Waals surface area (Å²) >= 11 is 0. The van der Waals surface area contributed by atoms with Crippen molar-refractivity contribution >= 4 is 0 Å². The fourth-order valence-electron chi connectivity index (χ4n) is 1.33. The molecule has 3 heteroatoms. The van der Waals surface area contributed by atoms with Gasteiger partial charge in [0.25, 0.3) is 0 Å². The van der Waals surface area contributed by atoms with Crippen molar-refractivity contribution in [1.29, 1.82) is 0 Å². The van der Waals surface area contributed by atoms with Crippen LogP contribution in [0.1, 0.15) is 40.0 Å². The maximum atomic E-state index is 9.18. The average Bonchev–Trinajstić information content (AvgIpc) is 2.15. The van der Waals surface area contributed by atoms with E-state index in [0.717, 1.165) is 19.4 Å². The molecule has 3 nitrogen and oxygen atoms in total. The van der Waals surface area contributed by atoms with E-state index in [0.29, 0.717) is 12.5 Å². The summed E-state index contributed by atoms with van der Waals surface area (Å²) in [5.41, 5.74) is -0.0988. The van der Waals surface area contributed by atoms with Crippen molar-refractivity contribution in [2.24, 2.45) is 5.92 Å². The van der Waals surface area contributed by atoms with Gasteiger partial charge in [-0.2, -0.15) is 0 Å². The predicted molar refractivity (Wildman–Crippen MR) is 64.1 cm³/mol. The molecule has 0 heterocycles. The molecule has 1 unspecified atom stereocenters. The highest BCUT2D eigenvalue weighted by atomic mass is 16.5. The van der Waals surface area contributed by atoms with Gasteiger partial charge in [-0.1, -0.05) is 6.42 Å². The Morgan fingerprint density at radius 2 is 1.93 bits per heavy atom. The van der Waals surface area contributed by atoms with E-state index in [-0.39, 0.29) is 12.2 Å². The van der Waals surface area contributed by atoms with Gasteiger partial charge in [0.15, 0.2) is 0 Å². The van der Waals surface area contributed by atoms with Crippen molar-refractivity contribution in [3.8, 4) is 0 Å². The van der Waals surface area contributed by atoms with Crippen molar-refractivity contribution in [3.63, 3.8) is 0 Å². The highest BCUT2D eigenvalue weighted by molar-refractivity contribution is 4.63. The number of hydrogen-bond donors (Lipinski definition) is 2. The maximum absolute atomic E-state index is 9.18. The fraction of sp³-hybridized carbons (Fsp3) is 1.00. The Balaban J connectivity index is 3.55. The number of aliphatic hydroxyl groups excluding tert-OH is 1. The van der Waals surface area contributed by atoms with Gasteiger partial charge in [-0.3, -0.25) is 0 Å². The maximum Gasteiger partial charge on any atom is 0.0598 e. The van der Waals surface area contributed by atoms with Gasteiger partial charge in [-0.15, -0.1) is 0 Å². The summed E-state index contributed by atoms with van der Waals surface area (Å²) in [6, 6.07) is 0. The van der Waals surface area contributed by atoms with Gasteiger partial charge >= 0.3 is 0 Å². The molecule has 0 aromatic carbocycles. The summed E-state index contributed by atoms with van der Waals surface area (Å²) in [6.45, 7) is 8.08. The summed E-state index contributed by atoms with van der Waals surface area (Å²) in [5.74, 6) is 0.293. The van der Waals surface area contributed by atoms with Gasteiger partial charge in [-0.05, 0) is 47.2 Å². The number of hydrogen-bond acceptors (Lipinski definition) is 3. The molecule has 0 aliphatic carbocycles. The molecule has 1 atom stereocenters. The van der Waals surface area contributed by atoms with Crippen LogP contribution in [0, 0.1) is 5.92 Å². The minimum absolute atomic E-state index is 0.0988. The Labute approximate surface area is 94.2 Å². The second-order valence-electron chi connectivity index (χ2n) is 5.07. The second kappa shape index (κ2) is 8.08. The van der Waals surface area contributed by atoms with Crippen LogP contribution in [0.5, 0.6) is 0 Å². The first-order valence-electron chi connectivity index (χ1n) is 5.89. The average molecular weight is 217 g/mol. The first kappa shape index (κ1) is 14.9. The minimum atomic E-state index is -0.0988. The molecule has 15 heavy (non-hydrogen) atoms. The number of rotatable bonds is 8. The highest BCUT2D eigenvalue weighted by Crippen LogP contribution is 2.13. The number of ether oxygens (including phenoxy) is 1. The van der Waals surface area contributed by atoms with Crippen LogP contribution in [-0.4, -0.2) is 37.5 Å². The topological polar surface area (TPSA) is 41.5 Å².